The molecule has 1 saturated carbocycles. The van der Waals surface area contributed by atoms with Gasteiger partial charge in [-0.2, -0.15) is 0 Å². The summed E-state index contributed by atoms with van der Waals surface area (Å²) in [5, 5.41) is 5.48. The number of amides is 1. The predicted molar refractivity (Wildman–Crippen MR) is 106 cm³/mol. The molecule has 0 radical (unpaired) electrons. The van der Waals surface area contributed by atoms with Crippen LogP contribution in [0.2, 0.25) is 0 Å². The van der Waals surface area contributed by atoms with Gasteiger partial charge in [-0.05, 0) is 44.0 Å². The zero-order chi connectivity index (χ0) is 19.9. The van der Waals surface area contributed by atoms with E-state index in [1.54, 1.807) is 24.4 Å². The molecule has 3 rings (SSSR count). The SMILES string of the molecule is C[C@@H](OC(=O)Cc1csc(-c2ccc(F)cc2)n1)C(=O)NC1CCCCCC1. The third kappa shape index (κ3) is 5.86. The maximum atomic E-state index is 13.0. The van der Waals surface area contributed by atoms with Crippen LogP contribution < -0.4 is 5.32 Å². The number of hydrogen-bond acceptors (Lipinski definition) is 5. The minimum atomic E-state index is -0.828. The summed E-state index contributed by atoms with van der Waals surface area (Å²) in [6.45, 7) is 1.59. The van der Waals surface area contributed by atoms with Crippen LogP contribution in [0.3, 0.4) is 0 Å². The van der Waals surface area contributed by atoms with E-state index in [9.17, 15) is 14.0 Å². The summed E-state index contributed by atoms with van der Waals surface area (Å²) < 4.78 is 18.3. The number of halogens is 1. The molecule has 150 valence electrons. The van der Waals surface area contributed by atoms with Gasteiger partial charge in [-0.1, -0.05) is 25.7 Å². The first-order valence-corrected chi connectivity index (χ1v) is 10.6. The van der Waals surface area contributed by atoms with Crippen LogP contribution in [0.25, 0.3) is 10.6 Å². The summed E-state index contributed by atoms with van der Waals surface area (Å²) >= 11 is 1.38. The van der Waals surface area contributed by atoms with Crippen molar-refractivity contribution in [3.63, 3.8) is 0 Å². The van der Waals surface area contributed by atoms with Crippen molar-refractivity contribution in [1.82, 2.24) is 10.3 Å². The zero-order valence-corrected chi connectivity index (χ0v) is 16.8. The van der Waals surface area contributed by atoms with Gasteiger partial charge >= 0.3 is 5.97 Å². The first-order valence-electron chi connectivity index (χ1n) is 9.71. The highest BCUT2D eigenvalue weighted by Gasteiger charge is 2.22. The van der Waals surface area contributed by atoms with Crippen LogP contribution in [0.5, 0.6) is 0 Å². The van der Waals surface area contributed by atoms with Gasteiger partial charge in [0.25, 0.3) is 5.91 Å². The van der Waals surface area contributed by atoms with Crippen molar-refractivity contribution < 1.29 is 18.7 Å². The number of carbonyl (C=O) groups excluding carboxylic acids is 2. The first kappa shape index (κ1) is 20.5. The van der Waals surface area contributed by atoms with Gasteiger partial charge in [0.05, 0.1) is 12.1 Å². The maximum Gasteiger partial charge on any atom is 0.312 e. The molecule has 1 heterocycles. The highest BCUT2D eigenvalue weighted by molar-refractivity contribution is 7.13. The molecule has 0 spiro atoms. The van der Waals surface area contributed by atoms with E-state index >= 15 is 0 Å². The van der Waals surface area contributed by atoms with E-state index in [0.717, 1.165) is 31.2 Å². The lowest BCUT2D eigenvalue weighted by Crippen LogP contribution is -2.42. The quantitative estimate of drug-likeness (QED) is 0.577. The molecule has 1 amide bonds. The minimum Gasteiger partial charge on any atom is -0.452 e. The molecule has 0 saturated heterocycles. The molecule has 1 N–H and O–H groups in total. The lowest BCUT2D eigenvalue weighted by atomic mass is 10.1. The predicted octanol–water partition coefficient (Wildman–Crippen LogP) is 4.26. The van der Waals surface area contributed by atoms with Crippen LogP contribution in [0, 0.1) is 5.82 Å². The molecular formula is C21H25FN2O3S. The Labute approximate surface area is 168 Å². The van der Waals surface area contributed by atoms with Gasteiger partial charge in [-0.25, -0.2) is 9.37 Å². The lowest BCUT2D eigenvalue weighted by Gasteiger charge is -2.19. The smallest absolute Gasteiger partial charge is 0.312 e. The second-order valence-electron chi connectivity index (χ2n) is 7.16. The number of hydrogen-bond donors (Lipinski definition) is 1. The van der Waals surface area contributed by atoms with Crippen molar-refractivity contribution in [2.45, 2.75) is 64.0 Å². The number of carbonyl (C=O) groups is 2. The molecule has 1 fully saturated rings. The van der Waals surface area contributed by atoms with Crippen LogP contribution in [0.1, 0.15) is 51.1 Å². The Morgan fingerprint density at radius 3 is 2.57 bits per heavy atom. The summed E-state index contributed by atoms with van der Waals surface area (Å²) in [5.74, 6) is -1.04. The van der Waals surface area contributed by atoms with Gasteiger partial charge in [0, 0.05) is 17.0 Å². The number of aromatic nitrogens is 1. The molecule has 1 aromatic carbocycles. The number of nitrogens with one attached hydrogen (secondary N) is 1. The molecule has 1 atom stereocenters. The molecule has 28 heavy (non-hydrogen) atoms. The van der Waals surface area contributed by atoms with E-state index in [0.29, 0.717) is 10.7 Å². The Morgan fingerprint density at radius 2 is 1.89 bits per heavy atom. The molecule has 2 aromatic rings. The maximum absolute atomic E-state index is 13.0. The van der Waals surface area contributed by atoms with E-state index in [4.69, 9.17) is 4.74 Å². The average molecular weight is 405 g/mol. The second kappa shape index (κ2) is 9.78. The number of rotatable bonds is 6. The highest BCUT2D eigenvalue weighted by Crippen LogP contribution is 2.24. The van der Waals surface area contributed by atoms with E-state index < -0.39 is 12.1 Å². The summed E-state index contributed by atoms with van der Waals surface area (Å²) in [5.41, 5.74) is 1.37. The van der Waals surface area contributed by atoms with Crippen molar-refractivity contribution in [3.8, 4) is 10.6 Å². The molecular weight excluding hydrogens is 379 g/mol. The molecule has 1 aliphatic rings. The van der Waals surface area contributed by atoms with Crippen molar-refractivity contribution in [3.05, 3.63) is 41.2 Å². The molecule has 1 aliphatic carbocycles. The van der Waals surface area contributed by atoms with Gasteiger partial charge in [-0.3, -0.25) is 9.59 Å². The minimum absolute atomic E-state index is 0.00125. The van der Waals surface area contributed by atoms with Crippen molar-refractivity contribution in [1.29, 1.82) is 0 Å². The second-order valence-corrected chi connectivity index (χ2v) is 8.01. The molecule has 0 aliphatic heterocycles. The normalized spacial score (nSPS) is 16.2. The van der Waals surface area contributed by atoms with Crippen molar-refractivity contribution in [2.75, 3.05) is 0 Å². The fraction of sp³-hybridized carbons (Fsp3) is 0.476. The Morgan fingerprint density at radius 1 is 1.21 bits per heavy atom. The number of nitrogens with zero attached hydrogens (tertiary/aromatic N) is 1. The molecule has 7 heteroatoms. The Balaban J connectivity index is 1.49. The van der Waals surface area contributed by atoms with Crippen LogP contribution >= 0.6 is 11.3 Å². The summed E-state index contributed by atoms with van der Waals surface area (Å²) in [7, 11) is 0. The van der Waals surface area contributed by atoms with Crippen LogP contribution in [-0.2, 0) is 20.7 Å². The number of benzene rings is 1. The van der Waals surface area contributed by atoms with E-state index in [1.165, 1.54) is 36.3 Å². The summed E-state index contributed by atoms with van der Waals surface area (Å²) in [6.07, 6.45) is 5.81. The lowest BCUT2D eigenvalue weighted by molar-refractivity contribution is -0.154. The molecule has 5 nitrogen and oxygen atoms in total. The average Bonchev–Trinajstić information content (AvgIpc) is 2.97. The zero-order valence-electron chi connectivity index (χ0n) is 15.9. The van der Waals surface area contributed by atoms with Crippen LogP contribution in [0.4, 0.5) is 4.39 Å². The molecule has 0 bridgehead atoms. The van der Waals surface area contributed by atoms with E-state index in [1.807, 2.05) is 0 Å². The van der Waals surface area contributed by atoms with Crippen LogP contribution in [-0.4, -0.2) is 29.0 Å². The third-order valence-electron chi connectivity index (χ3n) is 4.85. The van der Waals surface area contributed by atoms with Crippen molar-refractivity contribution >= 4 is 23.2 Å². The first-order chi connectivity index (χ1) is 13.5. The molecule has 0 unspecified atom stereocenters. The van der Waals surface area contributed by atoms with Gasteiger partial charge in [0.1, 0.15) is 10.8 Å². The number of ether oxygens (including phenoxy) is 1. The Kier molecular flexibility index (Phi) is 7.14. The Bertz CT molecular complexity index is 798. The monoisotopic (exact) mass is 404 g/mol. The Hall–Kier alpha value is -2.28. The van der Waals surface area contributed by atoms with E-state index in [2.05, 4.69) is 10.3 Å². The van der Waals surface area contributed by atoms with E-state index in [-0.39, 0.29) is 24.2 Å². The highest BCUT2D eigenvalue weighted by atomic mass is 32.1. The van der Waals surface area contributed by atoms with Gasteiger partial charge < -0.3 is 10.1 Å². The van der Waals surface area contributed by atoms with Crippen molar-refractivity contribution in [2.24, 2.45) is 0 Å². The van der Waals surface area contributed by atoms with Gasteiger partial charge in [-0.15, -0.1) is 11.3 Å². The topological polar surface area (TPSA) is 68.3 Å². The largest absolute Gasteiger partial charge is 0.452 e. The van der Waals surface area contributed by atoms with Gasteiger partial charge in [0.2, 0.25) is 0 Å². The van der Waals surface area contributed by atoms with Gasteiger partial charge in [0.15, 0.2) is 6.10 Å². The summed E-state index contributed by atoms with van der Waals surface area (Å²) in [6, 6.07) is 6.22. The number of thiazole rings is 1. The van der Waals surface area contributed by atoms with Crippen LogP contribution in [0.15, 0.2) is 29.6 Å². The standard InChI is InChI=1S/C21H25FN2O3S/c1-14(20(26)23-17-6-4-2-3-5-7-17)27-19(25)12-18-13-28-21(24-18)15-8-10-16(22)11-9-15/h8-11,13-14,17H,2-7,12H2,1H3,(H,23,26)/t14-/m1/s1. The molecule has 1 aromatic heterocycles. The third-order valence-corrected chi connectivity index (χ3v) is 5.79. The summed E-state index contributed by atoms with van der Waals surface area (Å²) in [4.78, 5) is 28.9. The fourth-order valence-corrected chi connectivity index (χ4v) is 4.12. The number of esters is 1. The fourth-order valence-electron chi connectivity index (χ4n) is 3.30.